The molecule has 1 aromatic rings. The molecule has 0 saturated carbocycles. The summed E-state index contributed by atoms with van der Waals surface area (Å²) in [6.07, 6.45) is 10.5. The number of rotatable bonds is 9. The molecule has 2 heterocycles. The molecule has 0 aromatic heterocycles. The zero-order chi connectivity index (χ0) is 24.1. The van der Waals surface area contributed by atoms with Gasteiger partial charge in [0.25, 0.3) is 0 Å². The molecule has 3 atom stereocenters. The number of anilines is 2. The third-order valence-electron chi connectivity index (χ3n) is 7.50. The fraction of sp³-hybridized carbons (Fsp3) is 0.630. The van der Waals surface area contributed by atoms with Gasteiger partial charge in [-0.25, -0.2) is 4.39 Å². The highest BCUT2D eigenvalue weighted by molar-refractivity contribution is 5.58. The van der Waals surface area contributed by atoms with Gasteiger partial charge in [-0.3, -0.25) is 4.90 Å². The Morgan fingerprint density at radius 2 is 2.00 bits per heavy atom. The maximum absolute atomic E-state index is 15.2. The monoisotopic (exact) mass is 473 g/mol. The average Bonchev–Trinajstić information content (AvgIpc) is 3.34. The summed E-state index contributed by atoms with van der Waals surface area (Å²) in [5.41, 5.74) is 1.29. The van der Waals surface area contributed by atoms with E-state index in [0.29, 0.717) is 30.4 Å². The van der Waals surface area contributed by atoms with Crippen LogP contribution in [0.3, 0.4) is 0 Å². The van der Waals surface area contributed by atoms with Gasteiger partial charge < -0.3 is 24.7 Å². The normalized spacial score (nSPS) is 24.9. The van der Waals surface area contributed by atoms with E-state index in [4.69, 9.17) is 4.74 Å². The Kier molecular flexibility index (Phi) is 8.51. The van der Waals surface area contributed by atoms with Crippen LogP contribution in [0.15, 0.2) is 42.2 Å². The first-order valence-electron chi connectivity index (χ1n) is 12.8. The number of aliphatic hydroxyl groups is 2. The summed E-state index contributed by atoms with van der Waals surface area (Å²) in [7, 11) is 1.81. The molecule has 2 aliphatic heterocycles. The van der Waals surface area contributed by atoms with Crippen LogP contribution in [0.25, 0.3) is 0 Å². The molecule has 4 rings (SSSR count). The molecule has 34 heavy (non-hydrogen) atoms. The van der Waals surface area contributed by atoms with Crippen LogP contribution >= 0.6 is 0 Å². The molecule has 0 spiro atoms. The van der Waals surface area contributed by atoms with Crippen molar-refractivity contribution in [2.24, 2.45) is 5.92 Å². The summed E-state index contributed by atoms with van der Waals surface area (Å²) in [6, 6.07) is 5.68. The minimum absolute atomic E-state index is 0.0753. The van der Waals surface area contributed by atoms with Crippen molar-refractivity contribution in [1.82, 2.24) is 4.90 Å². The van der Waals surface area contributed by atoms with Gasteiger partial charge >= 0.3 is 0 Å². The van der Waals surface area contributed by atoms with E-state index in [0.717, 1.165) is 64.0 Å². The molecule has 3 unspecified atom stereocenters. The van der Waals surface area contributed by atoms with Crippen LogP contribution < -0.4 is 9.80 Å². The Morgan fingerprint density at radius 1 is 1.21 bits per heavy atom. The summed E-state index contributed by atoms with van der Waals surface area (Å²) >= 11 is 0. The summed E-state index contributed by atoms with van der Waals surface area (Å²) in [6.45, 7) is 6.33. The molecule has 0 bridgehead atoms. The molecule has 188 valence electrons. The van der Waals surface area contributed by atoms with Gasteiger partial charge in [-0.15, -0.1) is 0 Å². The molecular weight excluding hydrogens is 433 g/mol. The lowest BCUT2D eigenvalue weighted by Gasteiger charge is -2.34. The summed E-state index contributed by atoms with van der Waals surface area (Å²) in [5.74, 6) is 0.533. The smallest absolute Gasteiger partial charge is 0.148 e. The highest BCUT2D eigenvalue weighted by Crippen LogP contribution is 2.31. The number of benzene rings is 1. The van der Waals surface area contributed by atoms with Crippen LogP contribution in [-0.2, 0) is 4.74 Å². The molecule has 3 aliphatic rings. The predicted molar refractivity (Wildman–Crippen MR) is 134 cm³/mol. The molecule has 0 radical (unpaired) electrons. The first-order chi connectivity index (χ1) is 16.5. The van der Waals surface area contributed by atoms with Crippen molar-refractivity contribution in [2.45, 2.75) is 63.8 Å². The van der Waals surface area contributed by atoms with Crippen molar-refractivity contribution in [3.63, 3.8) is 0 Å². The van der Waals surface area contributed by atoms with Crippen LogP contribution in [0, 0.1) is 11.7 Å². The zero-order valence-electron chi connectivity index (χ0n) is 20.6. The number of hydrogen-bond donors (Lipinski definition) is 2. The van der Waals surface area contributed by atoms with Gasteiger partial charge in [-0.05, 0) is 62.5 Å². The minimum atomic E-state index is -0.749. The third-order valence-corrected chi connectivity index (χ3v) is 7.50. The molecule has 7 heteroatoms. The Bertz CT molecular complexity index is 869. The second-order valence-corrected chi connectivity index (χ2v) is 9.88. The summed E-state index contributed by atoms with van der Waals surface area (Å²) in [4.78, 5) is 6.31. The van der Waals surface area contributed by atoms with Gasteiger partial charge in [0.05, 0.1) is 18.4 Å². The third kappa shape index (κ3) is 5.93. The number of likely N-dealkylation sites (tertiary alicyclic amines) is 1. The number of ether oxygens (including phenoxy) is 1. The van der Waals surface area contributed by atoms with Crippen LogP contribution in [0.5, 0.6) is 0 Å². The van der Waals surface area contributed by atoms with Crippen molar-refractivity contribution < 1.29 is 19.3 Å². The largest absolute Gasteiger partial charge is 0.494 e. The van der Waals surface area contributed by atoms with Gasteiger partial charge in [0.15, 0.2) is 0 Å². The number of nitrogens with zero attached hydrogens (tertiary/aromatic N) is 3. The van der Waals surface area contributed by atoms with E-state index < -0.39 is 6.23 Å². The summed E-state index contributed by atoms with van der Waals surface area (Å²) < 4.78 is 20.9. The van der Waals surface area contributed by atoms with Crippen LogP contribution in [0.1, 0.15) is 45.4 Å². The molecule has 2 fully saturated rings. The van der Waals surface area contributed by atoms with E-state index in [1.54, 1.807) is 11.9 Å². The Balaban J connectivity index is 1.32. The molecule has 2 saturated heterocycles. The lowest BCUT2D eigenvalue weighted by Crippen LogP contribution is -2.44. The molecular formula is C27H40FN3O3. The second-order valence-electron chi connectivity index (χ2n) is 9.88. The van der Waals surface area contributed by atoms with Crippen molar-refractivity contribution in [1.29, 1.82) is 0 Å². The standard InChI is InChI=1S/C27H40FN3O3/c1-3-4-17-34-24-8-5-20(6-9-24)27(33)29(2)21-7-10-26(25(28)18-21)31-14-11-22(19-31)30-15-12-23(32)13-16-30/h5,7-10,18,20,22-23,27,32-33H,3-4,6,11-17,19H2,1-2H3. The van der Waals surface area contributed by atoms with Gasteiger partial charge in [0.2, 0.25) is 0 Å². The van der Waals surface area contributed by atoms with Gasteiger partial charge in [0.1, 0.15) is 17.8 Å². The Morgan fingerprint density at radius 3 is 2.68 bits per heavy atom. The van der Waals surface area contributed by atoms with E-state index in [-0.39, 0.29) is 17.8 Å². The van der Waals surface area contributed by atoms with Crippen LogP contribution in [-0.4, -0.2) is 73.3 Å². The van der Waals surface area contributed by atoms with Gasteiger partial charge in [-0.1, -0.05) is 19.4 Å². The quantitative estimate of drug-likeness (QED) is 0.419. The molecule has 6 nitrogen and oxygen atoms in total. The molecule has 1 aliphatic carbocycles. The Labute approximate surface area is 203 Å². The second kappa shape index (κ2) is 11.6. The van der Waals surface area contributed by atoms with E-state index in [2.05, 4.69) is 16.7 Å². The topological polar surface area (TPSA) is 59.4 Å². The number of piperidine rings is 1. The average molecular weight is 474 g/mol. The fourth-order valence-electron chi connectivity index (χ4n) is 5.20. The van der Waals surface area contributed by atoms with E-state index >= 15 is 4.39 Å². The van der Waals surface area contributed by atoms with Crippen molar-refractivity contribution in [3.8, 4) is 0 Å². The van der Waals surface area contributed by atoms with Gasteiger partial charge in [-0.2, -0.15) is 0 Å². The van der Waals surface area contributed by atoms with E-state index in [1.807, 2.05) is 30.4 Å². The van der Waals surface area contributed by atoms with E-state index in [1.165, 1.54) is 6.07 Å². The number of halogens is 1. The predicted octanol–water partition coefficient (Wildman–Crippen LogP) is 3.89. The molecule has 1 aromatic carbocycles. The number of hydrogen-bond acceptors (Lipinski definition) is 6. The lowest BCUT2D eigenvalue weighted by atomic mass is 9.97. The Hall–Kier alpha value is -2.09. The number of unbranched alkanes of at least 4 members (excludes halogenated alkanes) is 1. The summed E-state index contributed by atoms with van der Waals surface area (Å²) in [5, 5.41) is 20.7. The zero-order valence-corrected chi connectivity index (χ0v) is 20.6. The molecule has 0 amide bonds. The number of allylic oxidation sites excluding steroid dienone is 2. The lowest BCUT2D eigenvalue weighted by molar-refractivity contribution is 0.0653. The SMILES string of the molecule is CCCCOC1=CCC(C(O)N(C)c2ccc(N3CCC(N4CCC(O)CC4)C3)c(F)c2)C=C1. The van der Waals surface area contributed by atoms with Crippen LogP contribution in [0.4, 0.5) is 15.8 Å². The fourth-order valence-corrected chi connectivity index (χ4v) is 5.20. The minimum Gasteiger partial charge on any atom is -0.494 e. The highest BCUT2D eigenvalue weighted by atomic mass is 19.1. The highest BCUT2D eigenvalue weighted by Gasteiger charge is 2.31. The van der Waals surface area contributed by atoms with E-state index in [9.17, 15) is 10.2 Å². The first kappa shape index (κ1) is 25.0. The number of aliphatic hydroxyl groups excluding tert-OH is 2. The maximum Gasteiger partial charge on any atom is 0.148 e. The maximum atomic E-state index is 15.2. The first-order valence-corrected chi connectivity index (χ1v) is 12.8. The van der Waals surface area contributed by atoms with Gasteiger partial charge in [0, 0.05) is 50.9 Å². The van der Waals surface area contributed by atoms with Crippen molar-refractivity contribution >= 4 is 11.4 Å². The van der Waals surface area contributed by atoms with Crippen LogP contribution in [0.2, 0.25) is 0 Å². The van der Waals surface area contributed by atoms with Crippen molar-refractivity contribution in [3.05, 3.63) is 48.0 Å². The van der Waals surface area contributed by atoms with Crippen molar-refractivity contribution in [2.75, 3.05) is 49.6 Å². The molecule has 2 N–H and O–H groups in total.